The van der Waals surface area contributed by atoms with Gasteiger partial charge in [0.1, 0.15) is 23.8 Å². The molecule has 3 heterocycles. The van der Waals surface area contributed by atoms with Gasteiger partial charge >= 0.3 is 6.18 Å². The number of nitrogens with zero attached hydrogens (tertiary/aromatic N) is 4. The van der Waals surface area contributed by atoms with E-state index in [0.29, 0.717) is 0 Å². The van der Waals surface area contributed by atoms with Crippen LogP contribution in [0.3, 0.4) is 0 Å². The largest absolute Gasteiger partial charge is 0.418 e. The van der Waals surface area contributed by atoms with Gasteiger partial charge in [-0.1, -0.05) is 12.1 Å². The van der Waals surface area contributed by atoms with E-state index in [-0.39, 0.29) is 41.3 Å². The second-order valence-electron chi connectivity index (χ2n) is 8.74. The lowest BCUT2D eigenvalue weighted by molar-refractivity contribution is -0.136. The molecule has 0 saturated carbocycles. The Balaban J connectivity index is 1.37. The maximum Gasteiger partial charge on any atom is 0.418 e. The predicted molar refractivity (Wildman–Crippen MR) is 126 cm³/mol. The first kappa shape index (κ1) is 25.1. The minimum absolute atomic E-state index is 0.0244. The van der Waals surface area contributed by atoms with Crippen LogP contribution in [0.4, 0.5) is 27.8 Å². The van der Waals surface area contributed by atoms with Crippen LogP contribution in [0.25, 0.3) is 16.8 Å². The number of nitrogen functional groups attached to an aromatic ring is 1. The maximum absolute atomic E-state index is 14.7. The van der Waals surface area contributed by atoms with E-state index in [4.69, 9.17) is 5.73 Å². The van der Waals surface area contributed by atoms with Crippen LogP contribution >= 0.6 is 0 Å². The lowest BCUT2D eigenvalue weighted by Crippen LogP contribution is -2.41. The number of anilines is 1. The van der Waals surface area contributed by atoms with Gasteiger partial charge in [-0.05, 0) is 42.5 Å². The van der Waals surface area contributed by atoms with Gasteiger partial charge in [0.15, 0.2) is 5.82 Å². The summed E-state index contributed by atoms with van der Waals surface area (Å²) in [6.07, 6.45) is -5.27. The van der Waals surface area contributed by atoms with Gasteiger partial charge < -0.3 is 16.0 Å². The number of rotatable bonds is 4. The van der Waals surface area contributed by atoms with Crippen molar-refractivity contribution >= 4 is 23.1 Å². The van der Waals surface area contributed by atoms with E-state index < -0.39 is 47.1 Å². The van der Waals surface area contributed by atoms with Crippen LogP contribution in [0, 0.1) is 5.82 Å². The summed E-state index contributed by atoms with van der Waals surface area (Å²) < 4.78 is 69.8. The van der Waals surface area contributed by atoms with Crippen LogP contribution in [0.15, 0.2) is 60.9 Å². The van der Waals surface area contributed by atoms with Crippen LogP contribution in [0.1, 0.15) is 26.3 Å². The normalized spacial score (nSPS) is 17.7. The Bertz CT molecular complexity index is 1540. The molecular weight excluding hydrogens is 511 g/mol. The van der Waals surface area contributed by atoms with Crippen molar-refractivity contribution in [2.45, 2.75) is 18.4 Å². The molecular formula is C25H19F5N6O2. The Hall–Kier alpha value is -4.55. The van der Waals surface area contributed by atoms with E-state index in [0.717, 1.165) is 29.0 Å². The van der Waals surface area contributed by atoms with Gasteiger partial charge in [-0.15, -0.1) is 0 Å². The smallest absolute Gasteiger partial charge is 0.382 e. The minimum Gasteiger partial charge on any atom is -0.382 e. The lowest BCUT2D eigenvalue weighted by atomic mass is 10.1. The number of nitrogens with two attached hydrogens (primary N) is 1. The van der Waals surface area contributed by atoms with Gasteiger partial charge in [-0.3, -0.25) is 9.59 Å². The molecule has 0 unspecified atom stereocenters. The number of likely N-dealkylation sites (tertiary alicyclic amines) is 1. The van der Waals surface area contributed by atoms with Gasteiger partial charge in [0.2, 0.25) is 0 Å². The van der Waals surface area contributed by atoms with Crippen molar-refractivity contribution < 1.29 is 31.5 Å². The summed E-state index contributed by atoms with van der Waals surface area (Å²) in [7, 11) is 0. The first-order valence-corrected chi connectivity index (χ1v) is 11.3. The van der Waals surface area contributed by atoms with Gasteiger partial charge in [0.05, 0.1) is 23.8 Å². The molecule has 38 heavy (non-hydrogen) atoms. The van der Waals surface area contributed by atoms with Crippen molar-refractivity contribution in [3.63, 3.8) is 0 Å². The van der Waals surface area contributed by atoms with E-state index in [2.05, 4.69) is 15.4 Å². The highest BCUT2D eigenvalue weighted by atomic mass is 19.4. The Morgan fingerprint density at radius 3 is 2.47 bits per heavy atom. The second kappa shape index (κ2) is 9.39. The number of carbonyl (C=O) groups is 2. The highest BCUT2D eigenvalue weighted by molar-refractivity contribution is 5.97. The molecule has 2 aromatic carbocycles. The van der Waals surface area contributed by atoms with Crippen LogP contribution in [-0.4, -0.2) is 56.6 Å². The molecule has 5 rings (SSSR count). The van der Waals surface area contributed by atoms with E-state index in [1.165, 1.54) is 41.3 Å². The first-order chi connectivity index (χ1) is 18.0. The van der Waals surface area contributed by atoms with E-state index in [9.17, 15) is 31.5 Å². The molecule has 0 spiro atoms. The summed E-state index contributed by atoms with van der Waals surface area (Å²) >= 11 is 0. The number of halogens is 5. The van der Waals surface area contributed by atoms with Gasteiger partial charge in [0.25, 0.3) is 11.8 Å². The number of fused-ring (bicyclic) bond motifs is 1. The lowest BCUT2D eigenvalue weighted by Gasteiger charge is -2.17. The molecule has 1 aliphatic heterocycles. The van der Waals surface area contributed by atoms with Crippen molar-refractivity contribution in [3.05, 3.63) is 83.4 Å². The number of alkyl halides is 4. The molecule has 1 aliphatic rings. The Morgan fingerprint density at radius 1 is 1.03 bits per heavy atom. The molecule has 2 aromatic heterocycles. The zero-order chi connectivity index (χ0) is 27.2. The number of amides is 2. The third-order valence-corrected chi connectivity index (χ3v) is 6.25. The number of carbonyl (C=O) groups excluding carboxylic acids is 2. The third kappa shape index (κ3) is 4.62. The molecule has 8 nitrogen and oxygen atoms in total. The van der Waals surface area contributed by atoms with Gasteiger partial charge in [-0.25, -0.2) is 18.3 Å². The summed E-state index contributed by atoms with van der Waals surface area (Å²) in [5.41, 5.74) is 4.74. The highest BCUT2D eigenvalue weighted by Crippen LogP contribution is 2.38. The fourth-order valence-corrected chi connectivity index (χ4v) is 4.40. The van der Waals surface area contributed by atoms with Gasteiger partial charge in [0, 0.05) is 23.2 Å². The molecule has 4 aromatic rings. The molecule has 2 atom stereocenters. The summed E-state index contributed by atoms with van der Waals surface area (Å²) in [6.45, 7) is -0.379. The van der Waals surface area contributed by atoms with Crippen LogP contribution in [0.2, 0.25) is 0 Å². The molecule has 1 fully saturated rings. The summed E-state index contributed by atoms with van der Waals surface area (Å²) in [4.78, 5) is 30.4. The van der Waals surface area contributed by atoms with Crippen LogP contribution < -0.4 is 11.1 Å². The molecule has 0 radical (unpaired) electrons. The van der Waals surface area contributed by atoms with Crippen LogP contribution in [0.5, 0.6) is 0 Å². The highest BCUT2D eigenvalue weighted by Gasteiger charge is 2.38. The van der Waals surface area contributed by atoms with Crippen molar-refractivity contribution in [1.29, 1.82) is 0 Å². The first-order valence-electron chi connectivity index (χ1n) is 11.3. The fraction of sp³-hybridized carbons (Fsp3) is 0.200. The average Bonchev–Trinajstić information content (AvgIpc) is 3.46. The minimum atomic E-state index is -4.73. The molecule has 0 aliphatic carbocycles. The Morgan fingerprint density at radius 2 is 1.76 bits per heavy atom. The Labute approximate surface area is 211 Å². The fourth-order valence-electron chi connectivity index (χ4n) is 4.40. The third-order valence-electron chi connectivity index (χ3n) is 6.25. The molecule has 0 bridgehead atoms. The molecule has 1 saturated heterocycles. The standard InChI is InChI=1S/C25H19F5N6O2/c26-16-6-4-13(5-7-16)24(38)35-10-18(27)19(11-35)34-23(37)15-3-1-2-14(8-15)20-9-17(25(28,29)30)21-22(31)32-12-33-36(20)21/h1-9,12,18-19H,10-11H2,(H,34,37)(H2,31,32,33)/t18-,19+/m0/s1. The quantitative estimate of drug-likeness (QED) is 0.392. The number of aromatic nitrogens is 3. The number of hydrogen-bond acceptors (Lipinski definition) is 5. The average molecular weight is 530 g/mol. The Kier molecular flexibility index (Phi) is 6.21. The molecule has 3 N–H and O–H groups in total. The summed E-state index contributed by atoms with van der Waals surface area (Å²) in [6, 6.07) is 10.4. The predicted octanol–water partition coefficient (Wildman–Crippen LogP) is 3.73. The number of benzene rings is 2. The number of nitrogens with one attached hydrogen (secondary N) is 1. The molecule has 196 valence electrons. The van der Waals surface area contributed by atoms with Crippen molar-refractivity contribution in [1.82, 2.24) is 24.8 Å². The van der Waals surface area contributed by atoms with E-state index >= 15 is 0 Å². The summed E-state index contributed by atoms with van der Waals surface area (Å²) in [5.74, 6) is -2.06. The van der Waals surface area contributed by atoms with E-state index in [1.54, 1.807) is 0 Å². The number of hydrogen-bond donors (Lipinski definition) is 2. The van der Waals surface area contributed by atoms with E-state index in [1.807, 2.05) is 0 Å². The molecule has 13 heteroatoms. The monoisotopic (exact) mass is 530 g/mol. The van der Waals surface area contributed by atoms with Crippen molar-refractivity contribution in [2.75, 3.05) is 18.8 Å². The van der Waals surface area contributed by atoms with Crippen molar-refractivity contribution in [3.8, 4) is 11.3 Å². The zero-order valence-electron chi connectivity index (χ0n) is 19.4. The summed E-state index contributed by atoms with van der Waals surface area (Å²) in [5, 5.41) is 6.44. The second-order valence-corrected chi connectivity index (χ2v) is 8.74. The van der Waals surface area contributed by atoms with Crippen LogP contribution in [-0.2, 0) is 6.18 Å². The maximum atomic E-state index is 14.7. The topological polar surface area (TPSA) is 106 Å². The SMILES string of the molecule is Nc1ncnn2c(-c3cccc(C(=O)N[C@@H]4CN(C(=O)c5ccc(F)cc5)C[C@@H]4F)c3)cc(C(F)(F)F)c12. The van der Waals surface area contributed by atoms with Gasteiger partial charge in [-0.2, -0.15) is 18.3 Å². The van der Waals surface area contributed by atoms with Crippen molar-refractivity contribution in [2.24, 2.45) is 0 Å². The molecule has 2 amide bonds. The zero-order valence-corrected chi connectivity index (χ0v) is 19.4.